The molecule has 0 bridgehead atoms. The van der Waals surface area contributed by atoms with Crippen LogP contribution in [-0.2, 0) is 16.1 Å². The first kappa shape index (κ1) is 22.4. The lowest BCUT2D eigenvalue weighted by molar-refractivity contribution is -0.127. The van der Waals surface area contributed by atoms with Crippen molar-refractivity contribution in [1.82, 2.24) is 16.0 Å². The summed E-state index contributed by atoms with van der Waals surface area (Å²) in [5, 5.41) is 9.67. The fourth-order valence-electron chi connectivity index (χ4n) is 3.52. The van der Waals surface area contributed by atoms with Crippen LogP contribution in [0.3, 0.4) is 0 Å². The molecule has 1 aromatic rings. The third-order valence-electron chi connectivity index (χ3n) is 5.58. The molecule has 0 aromatic heterocycles. The van der Waals surface area contributed by atoms with E-state index in [1.54, 1.807) is 0 Å². The van der Waals surface area contributed by atoms with Gasteiger partial charge in [0.1, 0.15) is 11.9 Å². The van der Waals surface area contributed by atoms with Gasteiger partial charge >= 0.3 is 0 Å². The van der Waals surface area contributed by atoms with Crippen LogP contribution in [0.2, 0.25) is 0 Å². The lowest BCUT2D eigenvalue weighted by Gasteiger charge is -2.24. The van der Waals surface area contributed by atoms with Crippen molar-refractivity contribution in [1.29, 1.82) is 0 Å². The molecule has 7 heteroatoms. The molecule has 30 heavy (non-hydrogen) atoms. The number of guanidine groups is 1. The minimum Gasteiger partial charge on any atom is -0.488 e. The number of aliphatic imine (C=N–C) groups is 1. The highest BCUT2D eigenvalue weighted by molar-refractivity contribution is 5.80. The van der Waals surface area contributed by atoms with Crippen LogP contribution in [0.25, 0.3) is 0 Å². The summed E-state index contributed by atoms with van der Waals surface area (Å²) in [5.41, 5.74) is 2.24. The van der Waals surface area contributed by atoms with Gasteiger partial charge in [-0.25, -0.2) is 4.99 Å². The lowest BCUT2D eigenvalue weighted by Crippen LogP contribution is -2.39. The summed E-state index contributed by atoms with van der Waals surface area (Å²) in [6.07, 6.45) is 5.18. The van der Waals surface area contributed by atoms with Crippen LogP contribution in [0.15, 0.2) is 23.2 Å². The Morgan fingerprint density at radius 2 is 2.03 bits per heavy atom. The van der Waals surface area contributed by atoms with Crippen LogP contribution in [0.1, 0.15) is 50.2 Å². The number of ether oxygens (including phenoxy) is 2. The van der Waals surface area contributed by atoms with E-state index in [0.717, 1.165) is 62.7 Å². The van der Waals surface area contributed by atoms with E-state index >= 15 is 0 Å². The van der Waals surface area contributed by atoms with Gasteiger partial charge in [-0.15, -0.1) is 0 Å². The van der Waals surface area contributed by atoms with Crippen LogP contribution in [0, 0.1) is 12.8 Å². The summed E-state index contributed by atoms with van der Waals surface area (Å²) < 4.78 is 11.6. The van der Waals surface area contributed by atoms with Crippen molar-refractivity contribution < 1.29 is 14.3 Å². The number of hydrogen-bond acceptors (Lipinski definition) is 4. The number of hydrogen-bond donors (Lipinski definition) is 3. The summed E-state index contributed by atoms with van der Waals surface area (Å²) >= 11 is 0. The number of rotatable bonds is 10. The van der Waals surface area contributed by atoms with Gasteiger partial charge in [-0.3, -0.25) is 4.79 Å². The van der Waals surface area contributed by atoms with Crippen molar-refractivity contribution in [2.75, 3.05) is 32.8 Å². The van der Waals surface area contributed by atoms with Crippen molar-refractivity contribution in [2.24, 2.45) is 10.9 Å². The van der Waals surface area contributed by atoms with Crippen LogP contribution in [0.5, 0.6) is 5.75 Å². The molecule has 1 aliphatic carbocycles. The van der Waals surface area contributed by atoms with Crippen LogP contribution >= 0.6 is 0 Å². The quantitative estimate of drug-likeness (QED) is 0.310. The Hall–Kier alpha value is -2.28. The molecule has 1 unspecified atom stereocenters. The molecule has 2 aliphatic rings. The molecule has 1 aromatic carbocycles. The molecule has 2 fully saturated rings. The second kappa shape index (κ2) is 11.8. The molecule has 1 heterocycles. The molecule has 7 nitrogen and oxygen atoms in total. The van der Waals surface area contributed by atoms with Crippen molar-refractivity contribution in [2.45, 2.75) is 58.6 Å². The first-order chi connectivity index (χ1) is 14.7. The molecule has 0 radical (unpaired) electrons. The van der Waals surface area contributed by atoms with Gasteiger partial charge in [0, 0.05) is 37.5 Å². The molecule has 1 saturated carbocycles. The number of benzene rings is 1. The summed E-state index contributed by atoms with van der Waals surface area (Å²) in [5.74, 6) is 2.13. The standard InChI is InChI=1S/C23H36N4O3/c1-3-24-23(26-12-5-11-25-22(28)18-6-4-7-18)27-15-19-9-8-17(2)14-21(19)30-20-10-13-29-16-20/h8-9,14,18,20H,3-7,10-13,15-16H2,1-2H3,(H,25,28)(H2,24,26,27). The number of aryl methyl sites for hydroxylation is 1. The zero-order valence-electron chi connectivity index (χ0n) is 18.3. The zero-order chi connectivity index (χ0) is 21.2. The fourth-order valence-corrected chi connectivity index (χ4v) is 3.52. The Bertz CT molecular complexity index is 712. The smallest absolute Gasteiger partial charge is 0.223 e. The second-order valence-corrected chi connectivity index (χ2v) is 8.11. The minimum absolute atomic E-state index is 0.121. The molecule has 1 amide bonds. The largest absolute Gasteiger partial charge is 0.488 e. The van der Waals surface area contributed by atoms with E-state index in [4.69, 9.17) is 14.5 Å². The normalized spacial score (nSPS) is 19.3. The predicted octanol–water partition coefficient (Wildman–Crippen LogP) is 2.52. The van der Waals surface area contributed by atoms with E-state index in [9.17, 15) is 4.79 Å². The number of carbonyl (C=O) groups is 1. The average molecular weight is 417 g/mol. The maximum Gasteiger partial charge on any atom is 0.223 e. The Morgan fingerprint density at radius 3 is 2.73 bits per heavy atom. The fraction of sp³-hybridized carbons (Fsp3) is 0.652. The average Bonchev–Trinajstić information content (AvgIpc) is 3.18. The predicted molar refractivity (Wildman–Crippen MR) is 119 cm³/mol. The Labute approximate surface area is 180 Å². The molecule has 166 valence electrons. The van der Waals surface area contributed by atoms with Gasteiger partial charge in [0.2, 0.25) is 5.91 Å². The molecule has 0 spiro atoms. The van der Waals surface area contributed by atoms with E-state index in [1.165, 1.54) is 12.0 Å². The van der Waals surface area contributed by atoms with Crippen molar-refractivity contribution >= 4 is 11.9 Å². The van der Waals surface area contributed by atoms with Gasteiger partial charge in [-0.1, -0.05) is 18.6 Å². The Morgan fingerprint density at radius 1 is 1.20 bits per heavy atom. The number of nitrogens with zero attached hydrogens (tertiary/aromatic N) is 1. The van der Waals surface area contributed by atoms with E-state index in [1.807, 2.05) is 0 Å². The van der Waals surface area contributed by atoms with Crippen LogP contribution in [0.4, 0.5) is 0 Å². The molecule has 3 N–H and O–H groups in total. The van der Waals surface area contributed by atoms with E-state index in [-0.39, 0.29) is 17.9 Å². The molecular formula is C23H36N4O3. The number of amides is 1. The second-order valence-electron chi connectivity index (χ2n) is 8.11. The highest BCUT2D eigenvalue weighted by atomic mass is 16.5. The molecular weight excluding hydrogens is 380 g/mol. The van der Waals surface area contributed by atoms with Crippen LogP contribution < -0.4 is 20.7 Å². The summed E-state index contributed by atoms with van der Waals surface area (Å²) in [6, 6.07) is 6.26. The summed E-state index contributed by atoms with van der Waals surface area (Å²) in [7, 11) is 0. The summed E-state index contributed by atoms with van der Waals surface area (Å²) in [4.78, 5) is 16.6. The first-order valence-electron chi connectivity index (χ1n) is 11.3. The molecule has 1 atom stereocenters. The third kappa shape index (κ3) is 6.90. The topological polar surface area (TPSA) is 84.0 Å². The van der Waals surface area contributed by atoms with E-state index in [0.29, 0.717) is 19.7 Å². The Balaban J connectivity index is 1.47. The van der Waals surface area contributed by atoms with Gasteiger partial charge in [-0.2, -0.15) is 0 Å². The van der Waals surface area contributed by atoms with Gasteiger partial charge in [0.05, 0.1) is 19.8 Å². The SMILES string of the molecule is CCNC(=NCc1ccc(C)cc1OC1CCOC1)NCCCNC(=O)C1CCC1. The van der Waals surface area contributed by atoms with Crippen molar-refractivity contribution in [3.05, 3.63) is 29.3 Å². The lowest BCUT2D eigenvalue weighted by atomic mass is 9.85. The first-order valence-corrected chi connectivity index (χ1v) is 11.3. The van der Waals surface area contributed by atoms with Crippen LogP contribution in [-0.4, -0.2) is 50.8 Å². The Kier molecular flexibility index (Phi) is 8.81. The number of nitrogens with one attached hydrogen (secondary N) is 3. The minimum atomic E-state index is 0.121. The number of carbonyl (C=O) groups excluding carboxylic acids is 1. The van der Waals surface area contributed by atoms with E-state index < -0.39 is 0 Å². The third-order valence-corrected chi connectivity index (χ3v) is 5.58. The van der Waals surface area contributed by atoms with Gasteiger partial charge in [-0.05, 0) is 44.7 Å². The monoisotopic (exact) mass is 416 g/mol. The molecule has 3 rings (SSSR count). The summed E-state index contributed by atoms with van der Waals surface area (Å²) in [6.45, 7) is 8.32. The van der Waals surface area contributed by atoms with E-state index in [2.05, 4.69) is 48.0 Å². The van der Waals surface area contributed by atoms with Crippen molar-refractivity contribution in [3.8, 4) is 5.75 Å². The van der Waals surface area contributed by atoms with Gasteiger partial charge in [0.25, 0.3) is 0 Å². The molecule has 1 aliphatic heterocycles. The van der Waals surface area contributed by atoms with Gasteiger partial charge in [0.15, 0.2) is 5.96 Å². The molecule has 1 saturated heterocycles. The maximum atomic E-state index is 11.9. The van der Waals surface area contributed by atoms with Crippen molar-refractivity contribution in [3.63, 3.8) is 0 Å². The highest BCUT2D eigenvalue weighted by Gasteiger charge is 2.24. The highest BCUT2D eigenvalue weighted by Crippen LogP contribution is 2.26. The van der Waals surface area contributed by atoms with Gasteiger partial charge < -0.3 is 25.4 Å². The zero-order valence-corrected chi connectivity index (χ0v) is 18.3. The maximum absolute atomic E-state index is 11.9.